The van der Waals surface area contributed by atoms with Gasteiger partial charge in [0, 0.05) is 5.92 Å². The second kappa shape index (κ2) is 6.79. The average molecular weight is 324 g/mol. The van der Waals surface area contributed by atoms with Crippen LogP contribution in [-0.2, 0) is 22.4 Å². The highest BCUT2D eigenvalue weighted by molar-refractivity contribution is 6.18. The summed E-state index contributed by atoms with van der Waals surface area (Å²) >= 11 is 0. The lowest BCUT2D eigenvalue weighted by molar-refractivity contribution is -0.133. The predicted octanol–water partition coefficient (Wildman–Crippen LogP) is 3.55. The van der Waals surface area contributed by atoms with Gasteiger partial charge in [0.1, 0.15) is 17.1 Å². The predicted molar refractivity (Wildman–Crippen MR) is 91.9 cm³/mol. The smallest absolute Gasteiger partial charge is 0.341 e. The van der Waals surface area contributed by atoms with E-state index in [4.69, 9.17) is 9.47 Å². The minimum absolute atomic E-state index is 0.100. The highest BCUT2D eigenvalue weighted by Gasteiger charge is 2.31. The van der Waals surface area contributed by atoms with E-state index in [1.165, 1.54) is 7.11 Å². The summed E-state index contributed by atoms with van der Waals surface area (Å²) in [6.07, 6.45) is 1.30. The fourth-order valence-corrected chi connectivity index (χ4v) is 3.22. The van der Waals surface area contributed by atoms with Crippen molar-refractivity contribution in [1.82, 2.24) is 0 Å². The van der Waals surface area contributed by atoms with Crippen LogP contribution in [0.3, 0.4) is 0 Å². The molecule has 0 saturated heterocycles. The second-order valence-electron chi connectivity index (χ2n) is 5.87. The maximum absolute atomic E-state index is 12.2. The number of allylic oxidation sites excluding steroid dienone is 1. The van der Waals surface area contributed by atoms with E-state index < -0.39 is 5.97 Å². The number of fused-ring (bicyclic) bond motifs is 1. The molecule has 4 nitrogen and oxygen atoms in total. The van der Waals surface area contributed by atoms with E-state index in [0.717, 1.165) is 22.4 Å². The molecule has 0 aliphatic heterocycles. The molecule has 24 heavy (non-hydrogen) atoms. The molecule has 1 unspecified atom stereocenters. The maximum atomic E-state index is 12.2. The van der Waals surface area contributed by atoms with Crippen LogP contribution < -0.4 is 4.74 Å². The summed E-state index contributed by atoms with van der Waals surface area (Å²) in [5.41, 5.74) is 3.12. The summed E-state index contributed by atoms with van der Waals surface area (Å²) in [7, 11) is 2.96. The van der Waals surface area contributed by atoms with Crippen molar-refractivity contribution in [3.05, 3.63) is 71.0 Å². The van der Waals surface area contributed by atoms with E-state index in [0.29, 0.717) is 12.8 Å². The lowest BCUT2D eigenvalue weighted by atomic mass is 9.80. The summed E-state index contributed by atoms with van der Waals surface area (Å²) < 4.78 is 10.1. The molecule has 124 valence electrons. The van der Waals surface area contributed by atoms with E-state index in [9.17, 15) is 9.90 Å². The Morgan fingerprint density at radius 2 is 1.96 bits per heavy atom. The number of esters is 1. The molecule has 4 heteroatoms. The number of carbonyl (C=O) groups is 1. The molecule has 0 amide bonds. The molecule has 0 bridgehead atoms. The van der Waals surface area contributed by atoms with Crippen LogP contribution in [0, 0.1) is 5.92 Å². The zero-order valence-electron chi connectivity index (χ0n) is 13.8. The normalized spacial score (nSPS) is 16.5. The summed E-state index contributed by atoms with van der Waals surface area (Å²) in [6.45, 7) is 0. The van der Waals surface area contributed by atoms with E-state index >= 15 is 0 Å². The number of benzene rings is 2. The summed E-state index contributed by atoms with van der Waals surface area (Å²) in [5, 5.41) is 10.7. The zero-order valence-corrected chi connectivity index (χ0v) is 13.8. The number of aliphatic hydroxyl groups excluding tert-OH is 1. The van der Waals surface area contributed by atoms with Crippen molar-refractivity contribution in [2.75, 3.05) is 14.2 Å². The Kier molecular flexibility index (Phi) is 4.56. The summed E-state index contributed by atoms with van der Waals surface area (Å²) in [6, 6.07) is 15.4. The van der Waals surface area contributed by atoms with Gasteiger partial charge in [-0.1, -0.05) is 36.4 Å². The van der Waals surface area contributed by atoms with Crippen LogP contribution in [0.1, 0.15) is 16.7 Å². The fraction of sp³-hybridized carbons (Fsp3) is 0.250. The topological polar surface area (TPSA) is 55.8 Å². The highest BCUT2D eigenvalue weighted by Crippen LogP contribution is 2.36. The number of hydrogen-bond acceptors (Lipinski definition) is 4. The van der Waals surface area contributed by atoms with Crippen LogP contribution in [0.25, 0.3) is 5.57 Å². The Balaban J connectivity index is 1.98. The molecule has 2 aromatic rings. The van der Waals surface area contributed by atoms with E-state index in [-0.39, 0.29) is 17.3 Å². The van der Waals surface area contributed by atoms with Crippen LogP contribution in [-0.4, -0.2) is 25.3 Å². The van der Waals surface area contributed by atoms with Crippen LogP contribution >= 0.6 is 0 Å². The molecule has 1 atom stereocenters. The summed E-state index contributed by atoms with van der Waals surface area (Å²) in [4.78, 5) is 12.2. The lowest BCUT2D eigenvalue weighted by Crippen LogP contribution is -2.22. The number of methoxy groups -OCH3 is 2. The number of ether oxygens (including phenoxy) is 2. The maximum Gasteiger partial charge on any atom is 0.341 e. The van der Waals surface area contributed by atoms with Gasteiger partial charge in [0.25, 0.3) is 0 Å². The highest BCUT2D eigenvalue weighted by atomic mass is 16.5. The third-order valence-corrected chi connectivity index (χ3v) is 4.40. The first-order valence-electron chi connectivity index (χ1n) is 7.86. The van der Waals surface area contributed by atoms with E-state index in [1.807, 2.05) is 48.5 Å². The quantitative estimate of drug-likeness (QED) is 0.874. The average Bonchev–Trinajstić information content (AvgIpc) is 2.62. The van der Waals surface area contributed by atoms with Gasteiger partial charge in [-0.3, -0.25) is 0 Å². The minimum atomic E-state index is -0.504. The van der Waals surface area contributed by atoms with Crippen molar-refractivity contribution in [2.45, 2.75) is 12.8 Å². The standard InChI is InChI=1S/C20H20O4/c1-23-16-8-5-6-13(11-16)10-15-12-14-7-3-4-9-17(14)18(19(15)21)20(22)24-2/h3-9,11,15,21H,10,12H2,1-2H3. The molecule has 1 N–H and O–H groups in total. The lowest BCUT2D eigenvalue weighted by Gasteiger charge is -2.26. The number of hydrogen-bond donors (Lipinski definition) is 1. The second-order valence-corrected chi connectivity index (χ2v) is 5.87. The van der Waals surface area contributed by atoms with Gasteiger partial charge in [0.15, 0.2) is 0 Å². The molecule has 0 aromatic heterocycles. The molecule has 0 radical (unpaired) electrons. The van der Waals surface area contributed by atoms with Crippen molar-refractivity contribution >= 4 is 11.5 Å². The monoisotopic (exact) mass is 324 g/mol. The summed E-state index contributed by atoms with van der Waals surface area (Å²) in [5.74, 6) is 0.208. The molecule has 1 aliphatic carbocycles. The van der Waals surface area contributed by atoms with Gasteiger partial charge >= 0.3 is 5.97 Å². The largest absolute Gasteiger partial charge is 0.511 e. The molecule has 1 aliphatic rings. The number of carbonyl (C=O) groups excluding carboxylic acids is 1. The van der Waals surface area contributed by atoms with Gasteiger partial charge in [-0.15, -0.1) is 0 Å². The molecule has 0 saturated carbocycles. The van der Waals surface area contributed by atoms with Crippen molar-refractivity contribution in [3.8, 4) is 5.75 Å². The first kappa shape index (κ1) is 16.1. The van der Waals surface area contributed by atoms with Crippen LogP contribution in [0.5, 0.6) is 5.75 Å². The number of rotatable bonds is 4. The van der Waals surface area contributed by atoms with Crippen molar-refractivity contribution in [1.29, 1.82) is 0 Å². The first-order chi connectivity index (χ1) is 11.6. The SMILES string of the molecule is COC(=O)C1=C(O)C(Cc2cccc(OC)c2)Cc2ccccc21. The van der Waals surface area contributed by atoms with Crippen LogP contribution in [0.15, 0.2) is 54.3 Å². The van der Waals surface area contributed by atoms with Gasteiger partial charge in [-0.25, -0.2) is 4.79 Å². The fourth-order valence-electron chi connectivity index (χ4n) is 3.22. The molecule has 0 spiro atoms. The van der Waals surface area contributed by atoms with Gasteiger partial charge < -0.3 is 14.6 Å². The molecule has 2 aromatic carbocycles. The molecular formula is C20H20O4. The Morgan fingerprint density at radius 1 is 1.17 bits per heavy atom. The van der Waals surface area contributed by atoms with Crippen molar-refractivity contribution < 1.29 is 19.4 Å². The molecule has 0 heterocycles. The van der Waals surface area contributed by atoms with Gasteiger partial charge in [-0.05, 0) is 41.7 Å². The first-order valence-corrected chi connectivity index (χ1v) is 7.86. The van der Waals surface area contributed by atoms with Crippen molar-refractivity contribution in [3.63, 3.8) is 0 Å². The van der Waals surface area contributed by atoms with Crippen LogP contribution in [0.2, 0.25) is 0 Å². The Hall–Kier alpha value is -2.75. The third-order valence-electron chi connectivity index (χ3n) is 4.40. The molecule has 3 rings (SSSR count). The number of aliphatic hydroxyl groups is 1. The zero-order chi connectivity index (χ0) is 17.1. The van der Waals surface area contributed by atoms with Gasteiger partial charge in [0.05, 0.1) is 14.2 Å². The van der Waals surface area contributed by atoms with Gasteiger partial charge in [0.2, 0.25) is 0 Å². The Morgan fingerprint density at radius 3 is 2.71 bits per heavy atom. The van der Waals surface area contributed by atoms with E-state index in [1.54, 1.807) is 7.11 Å². The molecular weight excluding hydrogens is 304 g/mol. The van der Waals surface area contributed by atoms with Gasteiger partial charge in [-0.2, -0.15) is 0 Å². The Bertz CT molecular complexity index is 792. The minimum Gasteiger partial charge on any atom is -0.511 e. The van der Waals surface area contributed by atoms with Crippen molar-refractivity contribution in [2.24, 2.45) is 5.92 Å². The molecule has 0 fully saturated rings. The van der Waals surface area contributed by atoms with Crippen LogP contribution in [0.4, 0.5) is 0 Å². The Labute approximate surface area is 141 Å². The third kappa shape index (κ3) is 3.00. The van der Waals surface area contributed by atoms with E-state index in [2.05, 4.69) is 0 Å².